The third kappa shape index (κ3) is 5.75. The number of benzene rings is 2. The lowest BCUT2D eigenvalue weighted by Crippen LogP contribution is -2.47. The van der Waals surface area contributed by atoms with E-state index in [1.165, 1.54) is 12.1 Å². The number of nitrogens with zero attached hydrogens (tertiary/aromatic N) is 1. The molecule has 3 atom stereocenters. The molecule has 2 amide bonds. The summed E-state index contributed by atoms with van der Waals surface area (Å²) in [6.07, 6.45) is 2.85. The van der Waals surface area contributed by atoms with E-state index in [0.717, 1.165) is 19.3 Å². The van der Waals surface area contributed by atoms with Crippen LogP contribution in [-0.2, 0) is 14.8 Å². The van der Waals surface area contributed by atoms with E-state index in [1.54, 1.807) is 47.6 Å². The molecule has 1 fully saturated rings. The Hall–Kier alpha value is -2.71. The highest BCUT2D eigenvalue weighted by atomic mass is 32.2. The number of piperidine rings is 1. The van der Waals surface area contributed by atoms with Crippen molar-refractivity contribution in [2.75, 3.05) is 5.32 Å². The van der Waals surface area contributed by atoms with E-state index in [0.29, 0.717) is 11.3 Å². The molecule has 0 aromatic heterocycles. The van der Waals surface area contributed by atoms with Crippen LogP contribution in [0.4, 0.5) is 5.69 Å². The predicted octanol–water partition coefficient (Wildman–Crippen LogP) is 3.79. The first-order valence-corrected chi connectivity index (χ1v) is 12.4. The number of anilines is 1. The number of sulfonamides is 1. The number of hydrogen-bond donors (Lipinski definition) is 2. The molecule has 32 heavy (non-hydrogen) atoms. The van der Waals surface area contributed by atoms with Gasteiger partial charge in [0.2, 0.25) is 15.9 Å². The summed E-state index contributed by atoms with van der Waals surface area (Å²) < 4.78 is 27.8. The van der Waals surface area contributed by atoms with Crippen LogP contribution in [-0.4, -0.2) is 42.7 Å². The Labute approximate surface area is 190 Å². The van der Waals surface area contributed by atoms with Crippen molar-refractivity contribution >= 4 is 27.5 Å². The van der Waals surface area contributed by atoms with Crippen LogP contribution >= 0.6 is 0 Å². The van der Waals surface area contributed by atoms with Gasteiger partial charge in [-0.05, 0) is 70.0 Å². The van der Waals surface area contributed by atoms with Crippen molar-refractivity contribution in [3.8, 4) is 0 Å². The van der Waals surface area contributed by atoms with Crippen molar-refractivity contribution in [3.05, 3.63) is 60.2 Å². The second kappa shape index (κ2) is 10.3. The molecule has 7 nitrogen and oxygen atoms in total. The van der Waals surface area contributed by atoms with Gasteiger partial charge in [0.25, 0.3) is 5.91 Å². The zero-order chi connectivity index (χ0) is 23.3. The number of carbonyl (C=O) groups is 2. The Morgan fingerprint density at radius 3 is 2.19 bits per heavy atom. The highest BCUT2D eigenvalue weighted by Crippen LogP contribution is 2.29. The van der Waals surface area contributed by atoms with Crippen molar-refractivity contribution in [1.82, 2.24) is 9.62 Å². The standard InChI is InChI=1S/C24H31N3O4S/c1-17(25-24(29)20-10-5-4-6-11-20)16-23(28)26-21-12-14-22(15-13-21)32(30,31)27-18(2)8-7-9-19(27)3/h4-6,10-15,17-19H,7-9,16H2,1-3H3,(H,25,29)(H,26,28)/t17-,18-,19-/m1/s1. The molecule has 0 bridgehead atoms. The lowest BCUT2D eigenvalue weighted by Gasteiger charge is -2.37. The summed E-state index contributed by atoms with van der Waals surface area (Å²) in [6.45, 7) is 5.65. The van der Waals surface area contributed by atoms with Gasteiger partial charge in [0.05, 0.1) is 4.90 Å². The van der Waals surface area contributed by atoms with Crippen LogP contribution in [0.25, 0.3) is 0 Å². The molecule has 1 aliphatic rings. The lowest BCUT2D eigenvalue weighted by molar-refractivity contribution is -0.116. The first-order chi connectivity index (χ1) is 15.2. The van der Waals surface area contributed by atoms with Crippen LogP contribution in [0, 0.1) is 0 Å². The average molecular weight is 458 g/mol. The Bertz CT molecular complexity index is 1030. The normalized spacial score (nSPS) is 20.3. The molecular formula is C24H31N3O4S. The van der Waals surface area contributed by atoms with Gasteiger partial charge in [-0.1, -0.05) is 24.6 Å². The molecule has 2 N–H and O–H groups in total. The summed E-state index contributed by atoms with van der Waals surface area (Å²) in [5, 5.41) is 5.56. The first kappa shape index (κ1) is 23.9. The minimum atomic E-state index is -3.59. The topological polar surface area (TPSA) is 95.6 Å². The van der Waals surface area contributed by atoms with E-state index in [1.807, 2.05) is 19.9 Å². The average Bonchev–Trinajstić information content (AvgIpc) is 2.74. The largest absolute Gasteiger partial charge is 0.349 e. The van der Waals surface area contributed by atoms with E-state index in [-0.39, 0.29) is 41.3 Å². The van der Waals surface area contributed by atoms with Gasteiger partial charge in [-0.15, -0.1) is 0 Å². The molecule has 0 radical (unpaired) electrons. The third-order valence-electron chi connectivity index (χ3n) is 5.73. The van der Waals surface area contributed by atoms with E-state index < -0.39 is 10.0 Å². The zero-order valence-electron chi connectivity index (χ0n) is 18.7. The number of nitrogens with one attached hydrogen (secondary N) is 2. The van der Waals surface area contributed by atoms with E-state index in [9.17, 15) is 18.0 Å². The summed E-state index contributed by atoms with van der Waals surface area (Å²) in [5.74, 6) is -0.499. The fourth-order valence-corrected chi connectivity index (χ4v) is 6.02. The molecule has 0 unspecified atom stereocenters. The minimum absolute atomic E-state index is 0.0317. The summed E-state index contributed by atoms with van der Waals surface area (Å²) in [4.78, 5) is 24.8. The number of rotatable bonds is 7. The fraction of sp³-hybridized carbons (Fsp3) is 0.417. The Morgan fingerprint density at radius 2 is 1.59 bits per heavy atom. The predicted molar refractivity (Wildman–Crippen MR) is 125 cm³/mol. The summed E-state index contributed by atoms with van der Waals surface area (Å²) in [7, 11) is -3.59. The maximum atomic E-state index is 13.1. The minimum Gasteiger partial charge on any atom is -0.349 e. The maximum Gasteiger partial charge on any atom is 0.251 e. The quantitative estimate of drug-likeness (QED) is 0.661. The molecule has 8 heteroatoms. The highest BCUT2D eigenvalue weighted by Gasteiger charge is 2.35. The number of carbonyl (C=O) groups excluding carboxylic acids is 2. The van der Waals surface area contributed by atoms with Crippen LogP contribution in [0.15, 0.2) is 59.5 Å². The van der Waals surface area contributed by atoms with Gasteiger partial charge in [0.1, 0.15) is 0 Å². The lowest BCUT2D eigenvalue weighted by atomic mass is 10.0. The molecule has 2 aromatic carbocycles. The molecule has 172 valence electrons. The highest BCUT2D eigenvalue weighted by molar-refractivity contribution is 7.89. The van der Waals surface area contributed by atoms with Gasteiger partial charge in [0.15, 0.2) is 0 Å². The molecule has 2 aromatic rings. The SMILES string of the molecule is C[C@H](CC(=O)Nc1ccc(S(=O)(=O)N2[C@H](C)CCC[C@H]2C)cc1)NC(=O)c1ccccc1. The van der Waals surface area contributed by atoms with Crippen molar-refractivity contribution in [1.29, 1.82) is 0 Å². The van der Waals surface area contributed by atoms with Crippen LogP contribution in [0.1, 0.15) is 56.8 Å². The zero-order valence-corrected chi connectivity index (χ0v) is 19.6. The Balaban J connectivity index is 1.58. The third-order valence-corrected chi connectivity index (χ3v) is 7.87. The van der Waals surface area contributed by atoms with Crippen LogP contribution in [0.5, 0.6) is 0 Å². The molecule has 1 aliphatic heterocycles. The molecule has 1 heterocycles. The van der Waals surface area contributed by atoms with Crippen molar-refractivity contribution in [3.63, 3.8) is 0 Å². The van der Waals surface area contributed by atoms with Gasteiger partial charge in [-0.3, -0.25) is 9.59 Å². The Kier molecular flexibility index (Phi) is 7.69. The molecule has 1 saturated heterocycles. The maximum absolute atomic E-state index is 13.1. The molecule has 0 aliphatic carbocycles. The smallest absolute Gasteiger partial charge is 0.251 e. The van der Waals surface area contributed by atoms with Gasteiger partial charge < -0.3 is 10.6 Å². The summed E-state index contributed by atoms with van der Waals surface area (Å²) in [5.41, 5.74) is 1.05. The summed E-state index contributed by atoms with van der Waals surface area (Å²) >= 11 is 0. The van der Waals surface area contributed by atoms with Crippen LogP contribution < -0.4 is 10.6 Å². The second-order valence-corrected chi connectivity index (χ2v) is 10.3. The van der Waals surface area contributed by atoms with E-state index in [4.69, 9.17) is 0 Å². The Morgan fingerprint density at radius 1 is 1.00 bits per heavy atom. The van der Waals surface area contributed by atoms with Crippen molar-refractivity contribution < 1.29 is 18.0 Å². The van der Waals surface area contributed by atoms with Gasteiger partial charge in [-0.2, -0.15) is 4.31 Å². The van der Waals surface area contributed by atoms with Gasteiger partial charge >= 0.3 is 0 Å². The fourth-order valence-electron chi connectivity index (χ4n) is 4.14. The number of amides is 2. The van der Waals surface area contributed by atoms with Crippen LogP contribution in [0.2, 0.25) is 0 Å². The molecular weight excluding hydrogens is 426 g/mol. The van der Waals surface area contributed by atoms with E-state index >= 15 is 0 Å². The van der Waals surface area contributed by atoms with Gasteiger partial charge in [0, 0.05) is 35.8 Å². The van der Waals surface area contributed by atoms with Gasteiger partial charge in [-0.25, -0.2) is 8.42 Å². The second-order valence-electron chi connectivity index (χ2n) is 8.48. The summed E-state index contributed by atoms with van der Waals surface area (Å²) in [6, 6.07) is 14.6. The molecule has 3 rings (SSSR count). The number of hydrogen-bond acceptors (Lipinski definition) is 4. The monoisotopic (exact) mass is 457 g/mol. The first-order valence-electron chi connectivity index (χ1n) is 11.0. The van der Waals surface area contributed by atoms with Crippen molar-refractivity contribution in [2.24, 2.45) is 0 Å². The van der Waals surface area contributed by atoms with E-state index in [2.05, 4.69) is 10.6 Å². The molecule has 0 spiro atoms. The van der Waals surface area contributed by atoms with Crippen molar-refractivity contribution in [2.45, 2.75) is 69.5 Å². The molecule has 0 saturated carbocycles. The van der Waals surface area contributed by atoms with Crippen LogP contribution in [0.3, 0.4) is 0 Å².